The van der Waals surface area contributed by atoms with Crippen molar-refractivity contribution in [3.8, 4) is 0 Å². The van der Waals surface area contributed by atoms with Gasteiger partial charge in [-0.2, -0.15) is 0 Å². The summed E-state index contributed by atoms with van der Waals surface area (Å²) in [5, 5.41) is 0. The molecule has 0 radical (unpaired) electrons. The third kappa shape index (κ3) is 4.35. The van der Waals surface area contributed by atoms with E-state index in [0.717, 1.165) is 17.9 Å². The lowest BCUT2D eigenvalue weighted by Gasteiger charge is -2.16. The fraction of sp³-hybridized carbons (Fsp3) is 0.412. The predicted molar refractivity (Wildman–Crippen MR) is 88.9 cm³/mol. The number of rotatable bonds is 6. The number of aromatic amines is 1. The van der Waals surface area contributed by atoms with Crippen LogP contribution >= 0.6 is 0 Å². The van der Waals surface area contributed by atoms with Crippen LogP contribution in [0.15, 0.2) is 30.5 Å². The van der Waals surface area contributed by atoms with Crippen molar-refractivity contribution >= 4 is 11.6 Å². The van der Waals surface area contributed by atoms with Crippen molar-refractivity contribution in [2.75, 3.05) is 26.0 Å². The maximum atomic E-state index is 12.2. The van der Waals surface area contributed by atoms with Crippen molar-refractivity contribution in [3.05, 3.63) is 47.5 Å². The second-order valence-electron chi connectivity index (χ2n) is 5.82. The van der Waals surface area contributed by atoms with Gasteiger partial charge in [0.2, 0.25) is 5.91 Å². The highest BCUT2D eigenvalue weighted by Crippen LogP contribution is 2.14. The van der Waals surface area contributed by atoms with E-state index in [2.05, 4.69) is 39.1 Å². The second-order valence-corrected chi connectivity index (χ2v) is 5.82. The molecule has 2 aromatic rings. The molecule has 1 amide bonds. The van der Waals surface area contributed by atoms with Crippen LogP contribution in [0.25, 0.3) is 0 Å². The molecule has 0 spiro atoms. The zero-order valence-electron chi connectivity index (χ0n) is 13.8. The zero-order valence-corrected chi connectivity index (χ0v) is 13.8. The van der Waals surface area contributed by atoms with E-state index >= 15 is 0 Å². The molecule has 5 heteroatoms. The van der Waals surface area contributed by atoms with Gasteiger partial charge >= 0.3 is 0 Å². The minimum atomic E-state index is 0.130. The number of amides is 1. The summed E-state index contributed by atoms with van der Waals surface area (Å²) in [4.78, 5) is 23.3. The largest absolute Gasteiger partial charge is 0.378 e. The summed E-state index contributed by atoms with van der Waals surface area (Å²) in [6.07, 6.45) is 3.05. The van der Waals surface area contributed by atoms with E-state index in [1.807, 2.05) is 28.1 Å². The Bertz CT molecular complexity index is 616. The van der Waals surface area contributed by atoms with E-state index in [1.54, 1.807) is 11.1 Å². The molecule has 5 nitrogen and oxygen atoms in total. The van der Waals surface area contributed by atoms with Crippen molar-refractivity contribution in [3.63, 3.8) is 0 Å². The highest BCUT2D eigenvalue weighted by Gasteiger charge is 2.11. The van der Waals surface area contributed by atoms with E-state index in [9.17, 15) is 4.79 Å². The first-order valence-electron chi connectivity index (χ1n) is 7.46. The quantitative estimate of drug-likeness (QED) is 0.891. The van der Waals surface area contributed by atoms with Gasteiger partial charge in [-0.1, -0.05) is 12.1 Å². The number of carbonyl (C=O) groups is 1. The number of hydrogen-bond acceptors (Lipinski definition) is 3. The maximum absolute atomic E-state index is 12.2. The van der Waals surface area contributed by atoms with Crippen LogP contribution in [-0.2, 0) is 17.8 Å². The highest BCUT2D eigenvalue weighted by molar-refractivity contribution is 5.76. The standard InChI is InChI=1S/C17H24N4O/c1-13-11-18-16(19-13)12-21(4)17(22)10-7-14-5-8-15(9-6-14)20(2)3/h5-6,8-9,11H,7,10,12H2,1-4H3,(H,18,19). The number of H-pyrrole nitrogens is 1. The van der Waals surface area contributed by atoms with Crippen molar-refractivity contribution in [2.45, 2.75) is 26.3 Å². The molecule has 1 heterocycles. The number of benzene rings is 1. The molecule has 0 aliphatic rings. The zero-order chi connectivity index (χ0) is 16.1. The third-order valence-electron chi connectivity index (χ3n) is 3.65. The molecule has 0 saturated heterocycles. The first kappa shape index (κ1) is 16.1. The minimum Gasteiger partial charge on any atom is -0.378 e. The first-order valence-corrected chi connectivity index (χ1v) is 7.46. The Balaban J connectivity index is 1.83. The molecule has 1 N–H and O–H groups in total. The summed E-state index contributed by atoms with van der Waals surface area (Å²) in [6.45, 7) is 2.47. The lowest BCUT2D eigenvalue weighted by molar-refractivity contribution is -0.130. The molecule has 0 atom stereocenters. The Morgan fingerprint density at radius 2 is 1.86 bits per heavy atom. The van der Waals surface area contributed by atoms with Crippen molar-refractivity contribution in [1.29, 1.82) is 0 Å². The number of nitrogens with one attached hydrogen (secondary N) is 1. The lowest BCUT2D eigenvalue weighted by Crippen LogP contribution is -2.26. The summed E-state index contributed by atoms with van der Waals surface area (Å²) in [5.74, 6) is 0.953. The van der Waals surface area contributed by atoms with E-state index < -0.39 is 0 Å². The van der Waals surface area contributed by atoms with Gasteiger partial charge in [0.1, 0.15) is 5.82 Å². The molecular formula is C17H24N4O. The Hall–Kier alpha value is -2.30. The average Bonchev–Trinajstić information content (AvgIpc) is 2.90. The van der Waals surface area contributed by atoms with Gasteiger partial charge in [-0.05, 0) is 31.0 Å². The number of carbonyl (C=O) groups excluding carboxylic acids is 1. The molecule has 1 aromatic carbocycles. The van der Waals surface area contributed by atoms with E-state index in [0.29, 0.717) is 13.0 Å². The van der Waals surface area contributed by atoms with Crippen molar-refractivity contribution in [1.82, 2.24) is 14.9 Å². The molecular weight excluding hydrogens is 276 g/mol. The van der Waals surface area contributed by atoms with E-state index in [-0.39, 0.29) is 5.91 Å². The molecule has 22 heavy (non-hydrogen) atoms. The van der Waals surface area contributed by atoms with Crippen LogP contribution in [-0.4, -0.2) is 41.9 Å². The Kier molecular flexibility index (Phi) is 5.20. The number of anilines is 1. The SMILES string of the molecule is Cc1cnc(CN(C)C(=O)CCc2ccc(N(C)C)cc2)[nH]1. The Morgan fingerprint density at radius 3 is 2.41 bits per heavy atom. The van der Waals surface area contributed by atoms with Gasteiger partial charge in [0.15, 0.2) is 0 Å². The topological polar surface area (TPSA) is 52.2 Å². The molecule has 0 aliphatic carbocycles. The number of aryl methyl sites for hydroxylation is 2. The normalized spacial score (nSPS) is 10.5. The fourth-order valence-electron chi connectivity index (χ4n) is 2.26. The molecule has 0 aliphatic heterocycles. The van der Waals surface area contributed by atoms with Crippen LogP contribution in [0.5, 0.6) is 0 Å². The smallest absolute Gasteiger partial charge is 0.223 e. The number of nitrogens with zero attached hydrogens (tertiary/aromatic N) is 3. The molecule has 0 saturated carbocycles. The van der Waals surface area contributed by atoms with Crippen molar-refractivity contribution < 1.29 is 4.79 Å². The van der Waals surface area contributed by atoms with Gasteiger partial charge in [-0.15, -0.1) is 0 Å². The van der Waals surface area contributed by atoms with Gasteiger partial charge in [0, 0.05) is 45.1 Å². The van der Waals surface area contributed by atoms with E-state index in [4.69, 9.17) is 0 Å². The van der Waals surface area contributed by atoms with Gasteiger partial charge in [-0.3, -0.25) is 4.79 Å². The number of hydrogen-bond donors (Lipinski definition) is 1. The Labute approximate surface area is 132 Å². The maximum Gasteiger partial charge on any atom is 0.223 e. The summed E-state index contributed by atoms with van der Waals surface area (Å²) < 4.78 is 0. The predicted octanol–water partition coefficient (Wildman–Crippen LogP) is 2.38. The van der Waals surface area contributed by atoms with Crippen LogP contribution in [0, 0.1) is 6.92 Å². The minimum absolute atomic E-state index is 0.130. The van der Waals surface area contributed by atoms with Gasteiger partial charge in [0.05, 0.1) is 6.54 Å². The number of aromatic nitrogens is 2. The molecule has 2 rings (SSSR count). The highest BCUT2D eigenvalue weighted by atomic mass is 16.2. The van der Waals surface area contributed by atoms with Gasteiger partial charge < -0.3 is 14.8 Å². The Morgan fingerprint density at radius 1 is 1.18 bits per heavy atom. The summed E-state index contributed by atoms with van der Waals surface area (Å²) in [7, 11) is 5.85. The first-order chi connectivity index (χ1) is 10.5. The van der Waals surface area contributed by atoms with Crippen LogP contribution < -0.4 is 4.90 Å². The third-order valence-corrected chi connectivity index (χ3v) is 3.65. The second kappa shape index (κ2) is 7.11. The fourth-order valence-corrected chi connectivity index (χ4v) is 2.26. The molecule has 0 fully saturated rings. The lowest BCUT2D eigenvalue weighted by atomic mass is 10.1. The van der Waals surface area contributed by atoms with Gasteiger partial charge in [0.25, 0.3) is 0 Å². The summed E-state index contributed by atoms with van der Waals surface area (Å²) >= 11 is 0. The van der Waals surface area contributed by atoms with Crippen LogP contribution in [0.1, 0.15) is 23.5 Å². The van der Waals surface area contributed by atoms with Gasteiger partial charge in [-0.25, -0.2) is 4.98 Å². The average molecular weight is 300 g/mol. The molecule has 118 valence electrons. The van der Waals surface area contributed by atoms with Crippen LogP contribution in [0.2, 0.25) is 0 Å². The van der Waals surface area contributed by atoms with Crippen LogP contribution in [0.4, 0.5) is 5.69 Å². The number of imidazole rings is 1. The molecule has 1 aromatic heterocycles. The monoisotopic (exact) mass is 300 g/mol. The molecule has 0 bridgehead atoms. The molecule has 0 unspecified atom stereocenters. The van der Waals surface area contributed by atoms with Crippen LogP contribution in [0.3, 0.4) is 0 Å². The summed E-state index contributed by atoms with van der Waals surface area (Å²) in [6, 6.07) is 8.32. The van der Waals surface area contributed by atoms with E-state index in [1.165, 1.54) is 11.3 Å². The summed E-state index contributed by atoms with van der Waals surface area (Å²) in [5.41, 5.74) is 3.36. The van der Waals surface area contributed by atoms with Crippen molar-refractivity contribution in [2.24, 2.45) is 0 Å².